The monoisotopic (exact) mass is 346 g/mol. The minimum absolute atomic E-state index is 0.0332. The number of ether oxygens (including phenoxy) is 1. The van der Waals surface area contributed by atoms with E-state index in [2.05, 4.69) is 5.32 Å². The predicted octanol–water partition coefficient (Wildman–Crippen LogP) is 1.40. The van der Waals surface area contributed by atoms with Gasteiger partial charge in [-0.15, -0.1) is 0 Å². The molecule has 0 radical (unpaired) electrons. The van der Waals surface area contributed by atoms with Crippen LogP contribution in [0.4, 0.5) is 0 Å². The number of methoxy groups -OCH3 is 1. The van der Waals surface area contributed by atoms with Crippen LogP contribution in [-0.2, 0) is 16.0 Å². The van der Waals surface area contributed by atoms with Crippen LogP contribution in [0, 0.1) is 17.8 Å². The van der Waals surface area contributed by atoms with Gasteiger partial charge in [0.15, 0.2) is 0 Å². The van der Waals surface area contributed by atoms with Crippen molar-refractivity contribution in [2.45, 2.75) is 19.3 Å². The molecule has 1 saturated heterocycles. The number of nitrogens with one attached hydrogen (secondary N) is 1. The topological polar surface area (TPSA) is 78.9 Å². The van der Waals surface area contributed by atoms with Gasteiger partial charge >= 0.3 is 5.97 Å². The van der Waals surface area contributed by atoms with Gasteiger partial charge in [0.05, 0.1) is 19.6 Å². The zero-order valence-electron chi connectivity index (χ0n) is 14.6. The van der Waals surface area contributed by atoms with Gasteiger partial charge in [0.2, 0.25) is 5.91 Å². The average Bonchev–Trinajstić information content (AvgIpc) is 3.36. The Morgan fingerprint density at radius 3 is 2.56 bits per heavy atom. The van der Waals surface area contributed by atoms with E-state index in [9.17, 15) is 14.7 Å². The van der Waals surface area contributed by atoms with E-state index in [0.717, 1.165) is 37.1 Å². The van der Waals surface area contributed by atoms with E-state index in [-0.39, 0.29) is 24.3 Å². The van der Waals surface area contributed by atoms with Gasteiger partial charge in [0.1, 0.15) is 5.75 Å². The molecule has 0 bridgehead atoms. The highest BCUT2D eigenvalue weighted by Crippen LogP contribution is 2.43. The summed E-state index contributed by atoms with van der Waals surface area (Å²) in [7, 11) is 1.64. The van der Waals surface area contributed by atoms with Gasteiger partial charge in [-0.25, -0.2) is 0 Å². The van der Waals surface area contributed by atoms with Crippen LogP contribution >= 0.6 is 0 Å². The Labute approximate surface area is 148 Å². The van der Waals surface area contributed by atoms with Crippen molar-refractivity contribution in [2.24, 2.45) is 17.8 Å². The maximum absolute atomic E-state index is 12.1. The van der Waals surface area contributed by atoms with Gasteiger partial charge in [-0.2, -0.15) is 0 Å². The summed E-state index contributed by atoms with van der Waals surface area (Å²) in [5, 5.41) is 12.3. The number of nitrogens with zero attached hydrogens (tertiary/aromatic N) is 1. The van der Waals surface area contributed by atoms with Crippen molar-refractivity contribution in [2.75, 3.05) is 33.3 Å². The fourth-order valence-electron chi connectivity index (χ4n) is 3.70. The number of carboxylic acid groups (broad SMARTS) is 1. The van der Waals surface area contributed by atoms with Crippen LogP contribution in [0.2, 0.25) is 0 Å². The van der Waals surface area contributed by atoms with Crippen molar-refractivity contribution < 1.29 is 19.4 Å². The number of hydrogen-bond donors (Lipinski definition) is 2. The van der Waals surface area contributed by atoms with E-state index in [1.165, 1.54) is 0 Å². The first-order valence-corrected chi connectivity index (χ1v) is 8.91. The summed E-state index contributed by atoms with van der Waals surface area (Å²) in [5.41, 5.74) is 1.14. The molecule has 1 aliphatic carbocycles. The molecular formula is C19H26N2O4. The number of carboxylic acids is 1. The second kappa shape index (κ2) is 7.87. The van der Waals surface area contributed by atoms with Crippen molar-refractivity contribution in [1.82, 2.24) is 10.2 Å². The third-order valence-electron chi connectivity index (χ3n) is 5.25. The van der Waals surface area contributed by atoms with Crippen molar-refractivity contribution in [1.29, 1.82) is 0 Å². The molecule has 1 heterocycles. The molecule has 1 aromatic rings. The molecule has 2 aliphatic rings. The lowest BCUT2D eigenvalue weighted by Gasteiger charge is -2.15. The molecule has 1 amide bonds. The molecule has 1 aliphatic heterocycles. The van der Waals surface area contributed by atoms with E-state index in [4.69, 9.17) is 4.74 Å². The normalized spacial score (nSPS) is 23.4. The summed E-state index contributed by atoms with van der Waals surface area (Å²) in [4.78, 5) is 25.5. The standard InChI is InChI=1S/C19H26N2O4/c1-25-15-6-2-13(3-7-15)8-9-20-18(22)12-21-10-16(14-4-5-14)17(11-21)19(23)24/h2-3,6-7,14,16-17H,4-5,8-12H2,1H3,(H,20,22)(H,23,24)/t16-,17+/m1/s1. The number of carbonyl (C=O) groups is 2. The third-order valence-corrected chi connectivity index (χ3v) is 5.25. The smallest absolute Gasteiger partial charge is 0.308 e. The molecule has 25 heavy (non-hydrogen) atoms. The Kier molecular flexibility index (Phi) is 5.58. The van der Waals surface area contributed by atoms with Gasteiger partial charge in [-0.3, -0.25) is 14.5 Å². The maximum atomic E-state index is 12.1. The van der Waals surface area contributed by atoms with Crippen LogP contribution in [0.15, 0.2) is 24.3 Å². The number of likely N-dealkylation sites (tertiary alicyclic amines) is 1. The molecule has 136 valence electrons. The van der Waals surface area contributed by atoms with Crippen LogP contribution in [0.1, 0.15) is 18.4 Å². The summed E-state index contributed by atoms with van der Waals surface area (Å²) in [6.45, 7) is 2.08. The fourth-order valence-corrected chi connectivity index (χ4v) is 3.70. The molecule has 6 heteroatoms. The van der Waals surface area contributed by atoms with Crippen molar-refractivity contribution in [3.8, 4) is 5.75 Å². The van der Waals surface area contributed by atoms with Crippen molar-refractivity contribution in [3.05, 3.63) is 29.8 Å². The summed E-state index contributed by atoms with van der Waals surface area (Å²) in [6, 6.07) is 7.79. The average molecular weight is 346 g/mol. The second-order valence-electron chi connectivity index (χ2n) is 7.09. The number of amides is 1. The zero-order valence-corrected chi connectivity index (χ0v) is 14.6. The number of carbonyl (C=O) groups excluding carboxylic acids is 1. The van der Waals surface area contributed by atoms with Gasteiger partial charge < -0.3 is 15.2 Å². The molecule has 3 rings (SSSR count). The van der Waals surface area contributed by atoms with Crippen molar-refractivity contribution in [3.63, 3.8) is 0 Å². The second-order valence-corrected chi connectivity index (χ2v) is 7.09. The Morgan fingerprint density at radius 1 is 1.24 bits per heavy atom. The number of rotatable bonds is 8. The molecule has 0 spiro atoms. The molecule has 6 nitrogen and oxygen atoms in total. The Morgan fingerprint density at radius 2 is 1.96 bits per heavy atom. The summed E-state index contributed by atoms with van der Waals surface area (Å²) < 4.78 is 5.12. The molecule has 1 saturated carbocycles. The molecular weight excluding hydrogens is 320 g/mol. The number of benzene rings is 1. The van der Waals surface area contributed by atoms with Gasteiger partial charge in [0.25, 0.3) is 0 Å². The van der Waals surface area contributed by atoms with Crippen LogP contribution in [0.3, 0.4) is 0 Å². The highest BCUT2D eigenvalue weighted by molar-refractivity contribution is 5.78. The quantitative estimate of drug-likeness (QED) is 0.744. The molecule has 2 N–H and O–H groups in total. The van der Waals surface area contributed by atoms with E-state index < -0.39 is 5.97 Å². The highest BCUT2D eigenvalue weighted by Gasteiger charge is 2.45. The summed E-state index contributed by atoms with van der Waals surface area (Å²) >= 11 is 0. The van der Waals surface area contributed by atoms with E-state index in [0.29, 0.717) is 19.0 Å². The minimum Gasteiger partial charge on any atom is -0.497 e. The molecule has 2 atom stereocenters. The van der Waals surface area contributed by atoms with Gasteiger partial charge in [-0.05, 0) is 48.8 Å². The zero-order chi connectivity index (χ0) is 17.8. The predicted molar refractivity (Wildman–Crippen MR) is 93.5 cm³/mol. The van der Waals surface area contributed by atoms with Crippen LogP contribution in [0.5, 0.6) is 5.75 Å². The first kappa shape index (κ1) is 17.7. The largest absolute Gasteiger partial charge is 0.497 e. The van der Waals surface area contributed by atoms with E-state index in [1.54, 1.807) is 7.11 Å². The van der Waals surface area contributed by atoms with Crippen LogP contribution in [0.25, 0.3) is 0 Å². The fraction of sp³-hybridized carbons (Fsp3) is 0.579. The lowest BCUT2D eigenvalue weighted by molar-refractivity contribution is -0.142. The van der Waals surface area contributed by atoms with Gasteiger partial charge in [-0.1, -0.05) is 12.1 Å². The van der Waals surface area contributed by atoms with Crippen LogP contribution in [-0.4, -0.2) is 55.2 Å². The summed E-state index contributed by atoms with van der Waals surface area (Å²) in [5.74, 6) is 0.502. The molecule has 2 fully saturated rings. The molecule has 0 aromatic heterocycles. The van der Waals surface area contributed by atoms with E-state index >= 15 is 0 Å². The van der Waals surface area contributed by atoms with Gasteiger partial charge in [0, 0.05) is 19.6 Å². The van der Waals surface area contributed by atoms with Crippen LogP contribution < -0.4 is 10.1 Å². The third kappa shape index (κ3) is 4.72. The Balaban J connectivity index is 1.41. The molecule has 1 aromatic carbocycles. The lowest BCUT2D eigenvalue weighted by atomic mass is 9.92. The SMILES string of the molecule is COc1ccc(CCNC(=O)CN2C[C@H](C(=O)O)[C@@H](C3CC3)C2)cc1. The molecule has 0 unspecified atom stereocenters. The Bertz CT molecular complexity index is 612. The minimum atomic E-state index is -0.723. The number of aliphatic carboxylic acids is 1. The lowest BCUT2D eigenvalue weighted by Crippen LogP contribution is -2.37. The van der Waals surface area contributed by atoms with Crippen molar-refractivity contribution >= 4 is 11.9 Å². The maximum Gasteiger partial charge on any atom is 0.308 e. The summed E-state index contributed by atoms with van der Waals surface area (Å²) in [6.07, 6.45) is 3.03. The van der Waals surface area contributed by atoms with E-state index in [1.807, 2.05) is 29.2 Å². The number of hydrogen-bond acceptors (Lipinski definition) is 4. The Hall–Kier alpha value is -2.08. The highest BCUT2D eigenvalue weighted by atomic mass is 16.5. The first-order chi connectivity index (χ1) is 12.1. The first-order valence-electron chi connectivity index (χ1n) is 8.91.